The SMILES string of the molecule is CC(CN)c1noc(-c2cncs2)n1. The zero-order chi connectivity index (χ0) is 9.97. The van der Waals surface area contributed by atoms with Crippen LogP contribution in [0.4, 0.5) is 0 Å². The lowest BCUT2D eigenvalue weighted by molar-refractivity contribution is 0.418. The highest BCUT2D eigenvalue weighted by Gasteiger charge is 2.14. The minimum absolute atomic E-state index is 0.125. The van der Waals surface area contributed by atoms with Crippen molar-refractivity contribution in [2.45, 2.75) is 12.8 Å². The standard InChI is InChI=1S/C8H10N4OS/c1-5(2-9)7-11-8(13-12-7)6-3-10-4-14-6/h3-5H,2,9H2,1H3. The zero-order valence-electron chi connectivity index (χ0n) is 7.67. The van der Waals surface area contributed by atoms with Crippen molar-refractivity contribution in [3.05, 3.63) is 17.5 Å². The van der Waals surface area contributed by atoms with Crippen molar-refractivity contribution < 1.29 is 4.52 Å². The maximum Gasteiger partial charge on any atom is 0.269 e. The Hall–Kier alpha value is -1.27. The topological polar surface area (TPSA) is 77.8 Å². The Morgan fingerprint density at radius 2 is 2.50 bits per heavy atom. The molecule has 0 amide bonds. The molecule has 1 atom stereocenters. The summed E-state index contributed by atoms with van der Waals surface area (Å²) in [4.78, 5) is 9.06. The summed E-state index contributed by atoms with van der Waals surface area (Å²) in [5.41, 5.74) is 7.23. The monoisotopic (exact) mass is 210 g/mol. The second kappa shape index (κ2) is 3.85. The van der Waals surface area contributed by atoms with Gasteiger partial charge in [-0.05, 0) is 0 Å². The van der Waals surface area contributed by atoms with E-state index in [4.69, 9.17) is 10.3 Å². The van der Waals surface area contributed by atoms with Crippen molar-refractivity contribution in [3.8, 4) is 10.8 Å². The third-order valence-corrected chi connectivity index (χ3v) is 2.64. The fourth-order valence-corrected chi connectivity index (χ4v) is 1.50. The number of nitrogens with zero attached hydrogens (tertiary/aromatic N) is 3. The number of hydrogen-bond donors (Lipinski definition) is 1. The molecule has 0 aliphatic rings. The van der Waals surface area contributed by atoms with Crippen molar-refractivity contribution in [2.24, 2.45) is 5.73 Å². The van der Waals surface area contributed by atoms with Gasteiger partial charge in [0.05, 0.1) is 11.7 Å². The first-order valence-corrected chi connectivity index (χ1v) is 5.11. The van der Waals surface area contributed by atoms with Crippen LogP contribution in [0, 0.1) is 0 Å². The number of hydrogen-bond acceptors (Lipinski definition) is 6. The van der Waals surface area contributed by atoms with Crippen LogP contribution in [0.3, 0.4) is 0 Å². The van der Waals surface area contributed by atoms with Gasteiger partial charge in [-0.3, -0.25) is 4.98 Å². The first-order chi connectivity index (χ1) is 6.81. The second-order valence-corrected chi connectivity index (χ2v) is 3.85. The molecule has 2 aromatic rings. The summed E-state index contributed by atoms with van der Waals surface area (Å²) in [7, 11) is 0. The van der Waals surface area contributed by atoms with Crippen molar-refractivity contribution in [1.29, 1.82) is 0 Å². The van der Waals surface area contributed by atoms with E-state index < -0.39 is 0 Å². The quantitative estimate of drug-likeness (QED) is 0.825. The molecule has 1 unspecified atom stereocenters. The molecule has 2 heterocycles. The molecule has 2 aromatic heterocycles. The van der Waals surface area contributed by atoms with Crippen LogP contribution in [0.1, 0.15) is 18.7 Å². The summed E-state index contributed by atoms with van der Waals surface area (Å²) in [6, 6.07) is 0. The largest absolute Gasteiger partial charge is 0.333 e. The van der Waals surface area contributed by atoms with Gasteiger partial charge in [0.2, 0.25) is 0 Å². The summed E-state index contributed by atoms with van der Waals surface area (Å²) in [6.45, 7) is 2.48. The Labute approximate surface area is 85.0 Å². The molecular formula is C8H10N4OS. The van der Waals surface area contributed by atoms with Crippen molar-refractivity contribution in [1.82, 2.24) is 15.1 Å². The predicted molar refractivity (Wildman–Crippen MR) is 52.9 cm³/mol. The van der Waals surface area contributed by atoms with Crippen LogP contribution >= 0.6 is 11.3 Å². The molecule has 0 saturated heterocycles. The minimum atomic E-state index is 0.125. The number of aromatic nitrogens is 3. The van der Waals surface area contributed by atoms with E-state index in [-0.39, 0.29) is 5.92 Å². The molecule has 0 radical (unpaired) electrons. The predicted octanol–water partition coefficient (Wildman–Crippen LogP) is 1.26. The molecule has 0 aliphatic carbocycles. The van der Waals surface area contributed by atoms with Crippen LogP contribution in [-0.4, -0.2) is 21.7 Å². The molecule has 14 heavy (non-hydrogen) atoms. The maximum atomic E-state index is 5.50. The van der Waals surface area contributed by atoms with Gasteiger partial charge in [-0.2, -0.15) is 4.98 Å². The molecule has 0 saturated carbocycles. The van der Waals surface area contributed by atoms with E-state index >= 15 is 0 Å². The normalized spacial score (nSPS) is 13.0. The zero-order valence-corrected chi connectivity index (χ0v) is 8.49. The third-order valence-electron chi connectivity index (χ3n) is 1.88. The lowest BCUT2D eigenvalue weighted by atomic mass is 10.2. The van der Waals surface area contributed by atoms with Crippen LogP contribution in [0.15, 0.2) is 16.2 Å². The number of nitrogens with two attached hydrogens (primary N) is 1. The molecule has 2 N–H and O–H groups in total. The summed E-state index contributed by atoms with van der Waals surface area (Å²) in [5.74, 6) is 1.29. The van der Waals surface area contributed by atoms with Gasteiger partial charge in [-0.15, -0.1) is 11.3 Å². The smallest absolute Gasteiger partial charge is 0.269 e. The van der Waals surface area contributed by atoms with Crippen molar-refractivity contribution >= 4 is 11.3 Å². The summed E-state index contributed by atoms with van der Waals surface area (Å²) >= 11 is 1.47. The Balaban J connectivity index is 2.26. The summed E-state index contributed by atoms with van der Waals surface area (Å²) < 4.78 is 5.09. The van der Waals surface area contributed by atoms with Gasteiger partial charge in [0.25, 0.3) is 5.89 Å². The second-order valence-electron chi connectivity index (χ2n) is 2.96. The summed E-state index contributed by atoms with van der Waals surface area (Å²) in [5, 5.41) is 3.86. The Morgan fingerprint density at radius 1 is 1.64 bits per heavy atom. The summed E-state index contributed by atoms with van der Waals surface area (Å²) in [6.07, 6.45) is 1.70. The Kier molecular flexibility index (Phi) is 2.55. The van der Waals surface area contributed by atoms with Crippen LogP contribution in [-0.2, 0) is 0 Å². The highest BCUT2D eigenvalue weighted by Crippen LogP contribution is 2.22. The molecule has 0 aromatic carbocycles. The molecule has 6 heteroatoms. The molecule has 0 spiro atoms. The van der Waals surface area contributed by atoms with Crippen LogP contribution in [0.2, 0.25) is 0 Å². The molecular weight excluding hydrogens is 200 g/mol. The molecule has 2 rings (SSSR count). The average molecular weight is 210 g/mol. The van der Waals surface area contributed by atoms with Crippen LogP contribution in [0.25, 0.3) is 10.8 Å². The first kappa shape index (κ1) is 9.29. The molecule has 0 bridgehead atoms. The Bertz CT molecular complexity index is 397. The van der Waals surface area contributed by atoms with E-state index in [0.717, 1.165) is 4.88 Å². The van der Waals surface area contributed by atoms with E-state index in [1.54, 1.807) is 11.7 Å². The van der Waals surface area contributed by atoms with E-state index in [2.05, 4.69) is 15.1 Å². The molecule has 0 aliphatic heterocycles. The minimum Gasteiger partial charge on any atom is -0.333 e. The first-order valence-electron chi connectivity index (χ1n) is 4.23. The highest BCUT2D eigenvalue weighted by molar-refractivity contribution is 7.13. The van der Waals surface area contributed by atoms with Crippen LogP contribution in [0.5, 0.6) is 0 Å². The van der Waals surface area contributed by atoms with Gasteiger partial charge in [0.15, 0.2) is 5.82 Å². The van der Waals surface area contributed by atoms with E-state index in [0.29, 0.717) is 18.3 Å². The maximum absolute atomic E-state index is 5.50. The Morgan fingerprint density at radius 3 is 3.14 bits per heavy atom. The van der Waals surface area contributed by atoms with Crippen LogP contribution < -0.4 is 5.73 Å². The fourth-order valence-electron chi connectivity index (χ4n) is 0.962. The van der Waals surface area contributed by atoms with Crippen molar-refractivity contribution in [2.75, 3.05) is 6.54 Å². The van der Waals surface area contributed by atoms with Gasteiger partial charge in [0, 0.05) is 12.5 Å². The highest BCUT2D eigenvalue weighted by atomic mass is 32.1. The number of thiazole rings is 1. The lowest BCUT2D eigenvalue weighted by Gasteiger charge is -1.98. The average Bonchev–Trinajstić information content (AvgIpc) is 2.86. The van der Waals surface area contributed by atoms with E-state index in [1.807, 2.05) is 6.92 Å². The number of rotatable bonds is 3. The van der Waals surface area contributed by atoms with Crippen molar-refractivity contribution in [3.63, 3.8) is 0 Å². The van der Waals surface area contributed by atoms with Gasteiger partial charge < -0.3 is 10.3 Å². The van der Waals surface area contributed by atoms with Gasteiger partial charge >= 0.3 is 0 Å². The van der Waals surface area contributed by atoms with Gasteiger partial charge in [-0.25, -0.2) is 0 Å². The van der Waals surface area contributed by atoms with Gasteiger partial charge in [0.1, 0.15) is 4.88 Å². The molecule has 0 fully saturated rings. The fraction of sp³-hybridized carbons (Fsp3) is 0.375. The van der Waals surface area contributed by atoms with E-state index in [1.165, 1.54) is 11.3 Å². The lowest BCUT2D eigenvalue weighted by Crippen LogP contribution is -2.10. The molecule has 74 valence electrons. The third kappa shape index (κ3) is 1.66. The van der Waals surface area contributed by atoms with E-state index in [9.17, 15) is 0 Å². The molecule has 5 nitrogen and oxygen atoms in total. The van der Waals surface area contributed by atoms with Gasteiger partial charge in [-0.1, -0.05) is 12.1 Å².